The predicted molar refractivity (Wildman–Crippen MR) is 119 cm³/mol. The fourth-order valence-corrected chi connectivity index (χ4v) is 4.37. The monoisotopic (exact) mass is 436 g/mol. The van der Waals surface area contributed by atoms with Gasteiger partial charge in [0.25, 0.3) is 0 Å². The summed E-state index contributed by atoms with van der Waals surface area (Å²) in [4.78, 5) is 8.12. The maximum absolute atomic E-state index is 6.50. The second kappa shape index (κ2) is 9.03. The van der Waals surface area contributed by atoms with Gasteiger partial charge in [0, 0.05) is 23.1 Å². The standard InChI is InChI=1S/C21H22Cl2N2O2S/c1-5-10-25(19-12-15(27-4)7-9-17(19)22)21-24-20(13(2)28-21)16-8-6-14(26-3)11-18(16)23/h6-9,11-12H,5,10H2,1-4H3. The first kappa shape index (κ1) is 20.8. The van der Waals surface area contributed by atoms with E-state index in [1.165, 1.54) is 0 Å². The lowest BCUT2D eigenvalue weighted by Crippen LogP contribution is -2.18. The van der Waals surface area contributed by atoms with E-state index in [4.69, 9.17) is 37.7 Å². The summed E-state index contributed by atoms with van der Waals surface area (Å²) >= 11 is 14.6. The number of ether oxygens (including phenoxy) is 2. The Morgan fingerprint density at radius 1 is 1.00 bits per heavy atom. The third-order valence-corrected chi connectivity index (χ3v) is 5.96. The number of methoxy groups -OCH3 is 2. The van der Waals surface area contributed by atoms with Gasteiger partial charge in [-0.05, 0) is 43.7 Å². The molecule has 28 heavy (non-hydrogen) atoms. The first-order valence-corrected chi connectivity index (χ1v) is 10.5. The summed E-state index contributed by atoms with van der Waals surface area (Å²) in [5.41, 5.74) is 2.63. The van der Waals surface area contributed by atoms with Crippen molar-refractivity contribution >= 4 is 45.4 Å². The van der Waals surface area contributed by atoms with Crippen molar-refractivity contribution in [1.82, 2.24) is 4.98 Å². The van der Waals surface area contributed by atoms with Crippen LogP contribution in [0.2, 0.25) is 10.0 Å². The van der Waals surface area contributed by atoms with Crippen LogP contribution in [-0.4, -0.2) is 25.7 Å². The van der Waals surface area contributed by atoms with E-state index in [9.17, 15) is 0 Å². The van der Waals surface area contributed by atoms with Crippen LogP contribution in [0.5, 0.6) is 11.5 Å². The molecule has 3 rings (SSSR count). The molecule has 1 aromatic heterocycles. The van der Waals surface area contributed by atoms with Crippen LogP contribution in [0.4, 0.5) is 10.8 Å². The van der Waals surface area contributed by atoms with Gasteiger partial charge in [0.15, 0.2) is 5.13 Å². The van der Waals surface area contributed by atoms with Gasteiger partial charge >= 0.3 is 0 Å². The molecule has 0 aliphatic carbocycles. The minimum atomic E-state index is 0.612. The average molecular weight is 437 g/mol. The molecule has 0 atom stereocenters. The van der Waals surface area contributed by atoms with Crippen molar-refractivity contribution in [1.29, 1.82) is 0 Å². The largest absolute Gasteiger partial charge is 0.497 e. The fraction of sp³-hybridized carbons (Fsp3) is 0.286. The van der Waals surface area contributed by atoms with Gasteiger partial charge in [-0.15, -0.1) is 11.3 Å². The number of halogens is 2. The topological polar surface area (TPSA) is 34.6 Å². The van der Waals surface area contributed by atoms with Crippen LogP contribution >= 0.6 is 34.5 Å². The van der Waals surface area contributed by atoms with Crippen molar-refractivity contribution < 1.29 is 9.47 Å². The van der Waals surface area contributed by atoms with E-state index >= 15 is 0 Å². The molecule has 1 heterocycles. The molecule has 0 spiro atoms. The maximum Gasteiger partial charge on any atom is 0.190 e. The molecule has 0 aliphatic heterocycles. The molecule has 0 unspecified atom stereocenters. The molecule has 0 fully saturated rings. The van der Waals surface area contributed by atoms with E-state index in [1.807, 2.05) is 37.3 Å². The SMILES string of the molecule is CCCN(c1nc(-c2ccc(OC)cc2Cl)c(C)s1)c1cc(OC)ccc1Cl. The normalized spacial score (nSPS) is 10.8. The summed E-state index contributed by atoms with van der Waals surface area (Å²) in [7, 11) is 3.27. The number of thiazole rings is 1. The minimum absolute atomic E-state index is 0.612. The van der Waals surface area contributed by atoms with Gasteiger partial charge in [-0.1, -0.05) is 30.1 Å². The Morgan fingerprint density at radius 3 is 2.32 bits per heavy atom. The Morgan fingerprint density at radius 2 is 1.68 bits per heavy atom. The number of aryl methyl sites for hydroxylation is 1. The van der Waals surface area contributed by atoms with Crippen LogP contribution in [0.25, 0.3) is 11.3 Å². The van der Waals surface area contributed by atoms with Crippen LogP contribution in [0.3, 0.4) is 0 Å². The fourth-order valence-electron chi connectivity index (χ4n) is 2.93. The van der Waals surface area contributed by atoms with Gasteiger partial charge < -0.3 is 14.4 Å². The first-order chi connectivity index (χ1) is 13.5. The number of hydrogen-bond donors (Lipinski definition) is 0. The lowest BCUT2D eigenvalue weighted by Gasteiger charge is -2.23. The third kappa shape index (κ3) is 4.22. The van der Waals surface area contributed by atoms with Crippen molar-refractivity contribution in [3.05, 3.63) is 51.3 Å². The number of benzene rings is 2. The Labute approximate surface area is 179 Å². The average Bonchev–Trinajstić information content (AvgIpc) is 3.07. The molecule has 7 heteroatoms. The summed E-state index contributed by atoms with van der Waals surface area (Å²) in [5, 5.41) is 2.14. The highest BCUT2D eigenvalue weighted by Gasteiger charge is 2.20. The van der Waals surface area contributed by atoms with E-state index in [-0.39, 0.29) is 0 Å². The number of nitrogens with zero attached hydrogens (tertiary/aromatic N) is 2. The van der Waals surface area contributed by atoms with Crippen molar-refractivity contribution in [2.24, 2.45) is 0 Å². The molecule has 0 radical (unpaired) electrons. The van der Waals surface area contributed by atoms with E-state index in [0.29, 0.717) is 10.0 Å². The van der Waals surface area contributed by atoms with Crippen LogP contribution in [0.1, 0.15) is 18.2 Å². The molecule has 4 nitrogen and oxygen atoms in total. The lowest BCUT2D eigenvalue weighted by molar-refractivity contribution is 0.415. The van der Waals surface area contributed by atoms with Crippen LogP contribution < -0.4 is 14.4 Å². The Balaban J connectivity index is 2.06. The Kier molecular flexibility index (Phi) is 6.70. The number of aromatic nitrogens is 1. The molecular weight excluding hydrogens is 415 g/mol. The van der Waals surface area contributed by atoms with Gasteiger partial charge in [0.2, 0.25) is 0 Å². The predicted octanol–water partition coefficient (Wildman–Crippen LogP) is 6.99. The summed E-state index contributed by atoms with van der Waals surface area (Å²) < 4.78 is 10.6. The summed E-state index contributed by atoms with van der Waals surface area (Å²) in [6.07, 6.45) is 0.949. The molecule has 0 amide bonds. The highest BCUT2D eigenvalue weighted by atomic mass is 35.5. The zero-order chi connectivity index (χ0) is 20.3. The van der Waals surface area contributed by atoms with Crippen molar-refractivity contribution in [3.63, 3.8) is 0 Å². The van der Waals surface area contributed by atoms with Crippen molar-refractivity contribution in [3.8, 4) is 22.8 Å². The smallest absolute Gasteiger partial charge is 0.190 e. The molecule has 148 valence electrons. The summed E-state index contributed by atoms with van der Waals surface area (Å²) in [6, 6.07) is 11.3. The molecule has 3 aromatic rings. The van der Waals surface area contributed by atoms with Gasteiger partial charge in [-0.2, -0.15) is 0 Å². The first-order valence-electron chi connectivity index (χ1n) is 8.90. The molecule has 2 aromatic carbocycles. The summed E-state index contributed by atoms with van der Waals surface area (Å²) in [5.74, 6) is 1.48. The summed E-state index contributed by atoms with van der Waals surface area (Å²) in [6.45, 7) is 4.97. The Hall–Kier alpha value is -1.95. The molecule has 0 aliphatic rings. The van der Waals surface area contributed by atoms with E-state index in [2.05, 4.69) is 11.8 Å². The van der Waals surface area contributed by atoms with Crippen LogP contribution in [-0.2, 0) is 0 Å². The van der Waals surface area contributed by atoms with E-state index in [0.717, 1.165) is 51.4 Å². The molecule has 0 saturated carbocycles. The minimum Gasteiger partial charge on any atom is -0.497 e. The van der Waals surface area contributed by atoms with E-state index in [1.54, 1.807) is 31.6 Å². The van der Waals surface area contributed by atoms with Gasteiger partial charge in [0.05, 0.1) is 35.6 Å². The molecule has 0 saturated heterocycles. The van der Waals surface area contributed by atoms with E-state index < -0.39 is 0 Å². The second-order valence-electron chi connectivity index (χ2n) is 6.22. The molecule has 0 bridgehead atoms. The molecule has 0 N–H and O–H groups in total. The second-order valence-corrected chi connectivity index (χ2v) is 8.21. The van der Waals surface area contributed by atoms with Crippen LogP contribution in [0.15, 0.2) is 36.4 Å². The maximum atomic E-state index is 6.50. The van der Waals surface area contributed by atoms with Crippen molar-refractivity contribution in [2.75, 3.05) is 25.7 Å². The lowest BCUT2D eigenvalue weighted by atomic mass is 10.1. The number of anilines is 2. The third-order valence-electron chi connectivity index (χ3n) is 4.34. The Bertz CT molecular complexity index is 975. The zero-order valence-electron chi connectivity index (χ0n) is 16.3. The van der Waals surface area contributed by atoms with Crippen molar-refractivity contribution in [2.45, 2.75) is 20.3 Å². The van der Waals surface area contributed by atoms with Gasteiger partial charge in [-0.3, -0.25) is 0 Å². The molecular formula is C21H22Cl2N2O2S. The highest BCUT2D eigenvalue weighted by molar-refractivity contribution is 7.16. The highest BCUT2D eigenvalue weighted by Crippen LogP contribution is 2.41. The number of rotatable bonds is 7. The van der Waals surface area contributed by atoms with Crippen LogP contribution in [0, 0.1) is 6.92 Å². The quantitative estimate of drug-likeness (QED) is 0.399. The van der Waals surface area contributed by atoms with Gasteiger partial charge in [0.1, 0.15) is 11.5 Å². The van der Waals surface area contributed by atoms with Gasteiger partial charge in [-0.25, -0.2) is 4.98 Å². The number of hydrogen-bond acceptors (Lipinski definition) is 5. The zero-order valence-corrected chi connectivity index (χ0v) is 18.6.